The van der Waals surface area contributed by atoms with E-state index in [1.165, 1.54) is 5.57 Å². The summed E-state index contributed by atoms with van der Waals surface area (Å²) in [6, 6.07) is 19.8. The van der Waals surface area contributed by atoms with E-state index in [0.29, 0.717) is 5.92 Å². The Hall–Kier alpha value is -1.63. The quantitative estimate of drug-likeness (QED) is 0.672. The average molecular weight is 325 g/mol. The first-order valence-corrected chi connectivity index (χ1v) is 9.95. The molecule has 0 unspecified atom stereocenters. The van der Waals surface area contributed by atoms with Crippen molar-refractivity contribution in [1.29, 1.82) is 0 Å². The van der Waals surface area contributed by atoms with Crippen LogP contribution in [0.2, 0.25) is 0 Å². The molecule has 0 saturated heterocycles. The van der Waals surface area contributed by atoms with E-state index in [1.807, 2.05) is 60.7 Å². The van der Waals surface area contributed by atoms with Gasteiger partial charge in [0.05, 0.1) is 0 Å². The molecule has 3 heteroatoms. The lowest BCUT2D eigenvalue weighted by Gasteiger charge is -2.30. The Morgan fingerprint density at radius 3 is 1.96 bits per heavy atom. The van der Waals surface area contributed by atoms with Gasteiger partial charge in [0.15, 0.2) is 0 Å². The third kappa shape index (κ3) is 3.65. The Kier molecular flexibility index (Phi) is 4.84. The summed E-state index contributed by atoms with van der Waals surface area (Å²) in [7, 11) is -2.84. The predicted molar refractivity (Wildman–Crippen MR) is 98.8 cm³/mol. The van der Waals surface area contributed by atoms with Gasteiger partial charge in [0.1, 0.15) is 0 Å². The predicted octanol–water partition coefficient (Wildman–Crippen LogP) is 4.25. The molecule has 0 aliphatic heterocycles. The Bertz CT molecular complexity index is 680. The first-order valence-electron chi connectivity index (χ1n) is 8.24. The minimum absolute atomic E-state index is 0.157. The Labute approximate surface area is 139 Å². The summed E-state index contributed by atoms with van der Waals surface area (Å²) in [5, 5.41) is 5.25. The summed E-state index contributed by atoms with van der Waals surface area (Å²) in [5.74, 6) is 0.623. The van der Waals surface area contributed by atoms with Gasteiger partial charge in [0.25, 0.3) is 0 Å². The zero-order valence-corrected chi connectivity index (χ0v) is 14.7. The van der Waals surface area contributed by atoms with E-state index in [2.05, 4.69) is 25.0 Å². The lowest BCUT2D eigenvalue weighted by Crippen LogP contribution is -2.36. The molecule has 1 aliphatic carbocycles. The molecule has 0 radical (unpaired) electrons. The Morgan fingerprint density at radius 1 is 0.957 bits per heavy atom. The summed E-state index contributed by atoms with van der Waals surface area (Å²) in [4.78, 5) is 0. The fraction of sp³-hybridized carbons (Fsp3) is 0.300. The zero-order chi connectivity index (χ0) is 16.3. The van der Waals surface area contributed by atoms with Crippen molar-refractivity contribution < 1.29 is 4.57 Å². The van der Waals surface area contributed by atoms with Gasteiger partial charge in [-0.3, -0.25) is 9.65 Å². The lowest BCUT2D eigenvalue weighted by atomic mass is 9.88. The van der Waals surface area contributed by atoms with Crippen LogP contribution >= 0.6 is 7.29 Å². The molecule has 23 heavy (non-hydrogen) atoms. The second-order valence-electron chi connectivity index (χ2n) is 6.57. The summed E-state index contributed by atoms with van der Waals surface area (Å²) < 4.78 is 14.0. The van der Waals surface area contributed by atoms with Crippen LogP contribution in [0.25, 0.3) is 0 Å². The molecule has 0 saturated carbocycles. The van der Waals surface area contributed by atoms with Crippen molar-refractivity contribution in [2.45, 2.75) is 32.7 Å². The molecular formula is C20H24NOP. The van der Waals surface area contributed by atoms with Crippen molar-refractivity contribution in [3.63, 3.8) is 0 Å². The van der Waals surface area contributed by atoms with Crippen LogP contribution in [0, 0.1) is 5.92 Å². The van der Waals surface area contributed by atoms with E-state index in [4.69, 9.17) is 0 Å². The number of nitrogens with one attached hydrogen (secondary N) is 1. The van der Waals surface area contributed by atoms with E-state index >= 15 is 0 Å². The summed E-state index contributed by atoms with van der Waals surface area (Å²) in [6.45, 7) is 4.43. The van der Waals surface area contributed by atoms with Crippen LogP contribution < -0.4 is 15.7 Å². The first kappa shape index (κ1) is 16.2. The Balaban J connectivity index is 2.00. The molecule has 0 bridgehead atoms. The van der Waals surface area contributed by atoms with Crippen molar-refractivity contribution in [1.82, 2.24) is 5.09 Å². The van der Waals surface area contributed by atoms with E-state index in [1.54, 1.807) is 0 Å². The third-order valence-electron chi connectivity index (χ3n) is 4.40. The number of allylic oxidation sites excluding steroid dienone is 1. The van der Waals surface area contributed by atoms with Gasteiger partial charge >= 0.3 is 0 Å². The fourth-order valence-electron chi connectivity index (χ4n) is 3.44. The van der Waals surface area contributed by atoms with Crippen LogP contribution in [-0.2, 0) is 4.57 Å². The summed E-state index contributed by atoms with van der Waals surface area (Å²) >= 11 is 0. The fourth-order valence-corrected chi connectivity index (χ4v) is 5.87. The molecule has 2 nitrogen and oxygen atoms in total. The van der Waals surface area contributed by atoms with Crippen LogP contribution in [-0.4, -0.2) is 6.04 Å². The van der Waals surface area contributed by atoms with Crippen LogP contribution in [0.5, 0.6) is 0 Å². The van der Waals surface area contributed by atoms with Gasteiger partial charge < -0.3 is 0 Å². The molecule has 2 atom stereocenters. The number of benzene rings is 2. The highest BCUT2D eigenvalue weighted by Crippen LogP contribution is 2.41. The molecule has 0 fully saturated rings. The van der Waals surface area contributed by atoms with Crippen molar-refractivity contribution >= 4 is 17.9 Å². The van der Waals surface area contributed by atoms with Crippen LogP contribution in [0.15, 0.2) is 72.3 Å². The monoisotopic (exact) mass is 325 g/mol. The molecule has 1 aliphatic rings. The van der Waals surface area contributed by atoms with Gasteiger partial charge in [-0.1, -0.05) is 55.0 Å². The van der Waals surface area contributed by atoms with Crippen molar-refractivity contribution in [3.8, 4) is 0 Å². The van der Waals surface area contributed by atoms with E-state index in [9.17, 15) is 4.57 Å². The standard InChI is InChI=1S/C20H24NOP/c1-16-13-17(2)15-18(14-16)21-23(22,19-9-5-3-6-10-19)20-11-7-4-8-12-20/h3-12,14,17-18H,13,15H2,1-2H3,(H,21,22)/t17-,18+/m0/s1. The topological polar surface area (TPSA) is 29.1 Å². The van der Waals surface area contributed by atoms with Crippen molar-refractivity contribution in [2.24, 2.45) is 5.92 Å². The molecule has 0 spiro atoms. The maximum atomic E-state index is 14.0. The third-order valence-corrected chi connectivity index (χ3v) is 7.15. The normalized spacial score (nSPS) is 21.7. The van der Waals surface area contributed by atoms with Gasteiger partial charge in [0.2, 0.25) is 7.29 Å². The van der Waals surface area contributed by atoms with Crippen molar-refractivity contribution in [3.05, 3.63) is 72.3 Å². The van der Waals surface area contributed by atoms with E-state index in [-0.39, 0.29) is 6.04 Å². The maximum Gasteiger partial charge on any atom is 0.205 e. The van der Waals surface area contributed by atoms with Gasteiger partial charge in [-0.2, -0.15) is 0 Å². The summed E-state index contributed by atoms with van der Waals surface area (Å²) in [6.07, 6.45) is 4.42. The van der Waals surface area contributed by atoms with Gasteiger partial charge in [-0.15, -0.1) is 0 Å². The molecular weight excluding hydrogens is 301 g/mol. The first-order chi connectivity index (χ1) is 11.1. The minimum atomic E-state index is -2.84. The SMILES string of the molecule is CC1=C[C@@H](NP(=O)(c2ccccc2)c2ccccc2)C[C@@H](C)C1. The molecule has 3 rings (SSSR count). The molecule has 0 aromatic heterocycles. The zero-order valence-electron chi connectivity index (χ0n) is 13.8. The number of hydrogen-bond acceptors (Lipinski definition) is 1. The Morgan fingerprint density at radius 2 is 1.48 bits per heavy atom. The average Bonchev–Trinajstić information content (AvgIpc) is 2.55. The van der Waals surface area contributed by atoms with Gasteiger partial charge in [0, 0.05) is 16.7 Å². The second-order valence-corrected chi connectivity index (χ2v) is 9.08. The number of hydrogen-bond donors (Lipinski definition) is 1. The molecule has 0 amide bonds. The smallest absolute Gasteiger partial charge is 0.205 e. The minimum Gasteiger partial charge on any atom is -0.297 e. The highest BCUT2D eigenvalue weighted by atomic mass is 31.2. The highest BCUT2D eigenvalue weighted by molar-refractivity contribution is 7.76. The lowest BCUT2D eigenvalue weighted by molar-refractivity contribution is 0.452. The number of rotatable bonds is 4. The van der Waals surface area contributed by atoms with E-state index in [0.717, 1.165) is 23.5 Å². The largest absolute Gasteiger partial charge is 0.297 e. The van der Waals surface area contributed by atoms with Crippen LogP contribution in [0.1, 0.15) is 26.7 Å². The second kappa shape index (κ2) is 6.86. The molecule has 1 N–H and O–H groups in total. The molecule has 120 valence electrons. The van der Waals surface area contributed by atoms with E-state index < -0.39 is 7.29 Å². The molecule has 2 aromatic rings. The van der Waals surface area contributed by atoms with Crippen LogP contribution in [0.3, 0.4) is 0 Å². The van der Waals surface area contributed by atoms with Crippen molar-refractivity contribution in [2.75, 3.05) is 0 Å². The maximum absolute atomic E-state index is 14.0. The van der Waals surface area contributed by atoms with Gasteiger partial charge in [-0.05, 0) is 49.9 Å². The molecule has 0 heterocycles. The molecule has 2 aromatic carbocycles. The van der Waals surface area contributed by atoms with Gasteiger partial charge in [-0.25, -0.2) is 0 Å². The highest BCUT2D eigenvalue weighted by Gasteiger charge is 2.31. The summed E-state index contributed by atoms with van der Waals surface area (Å²) in [5.41, 5.74) is 1.38. The van der Waals surface area contributed by atoms with Crippen LogP contribution in [0.4, 0.5) is 0 Å².